The summed E-state index contributed by atoms with van der Waals surface area (Å²) in [4.78, 5) is 0. The maximum atomic E-state index is 5.88. The molecule has 12 heavy (non-hydrogen) atoms. The van der Waals surface area contributed by atoms with Gasteiger partial charge in [0, 0.05) is 0 Å². The van der Waals surface area contributed by atoms with E-state index in [-0.39, 0.29) is 0 Å². The Bertz CT molecular complexity index is 120. The molecule has 0 bridgehead atoms. The number of hydrogen-bond donors (Lipinski definition) is 0. The van der Waals surface area contributed by atoms with E-state index in [1.165, 1.54) is 18.1 Å². The Hall–Kier alpha value is -0.243. The lowest BCUT2D eigenvalue weighted by Gasteiger charge is -2.26. The van der Waals surface area contributed by atoms with Gasteiger partial charge in [0.15, 0.2) is 0 Å². The first-order valence-corrected chi connectivity index (χ1v) is 7.60. The van der Waals surface area contributed by atoms with Crippen molar-refractivity contribution in [3.63, 3.8) is 0 Å². The summed E-state index contributed by atoms with van der Waals surface area (Å²) < 4.78 is 5.88. The Balaban J connectivity index is 4.01. The molecule has 0 spiro atoms. The van der Waals surface area contributed by atoms with Crippen LogP contribution in [0.2, 0.25) is 18.1 Å². The van der Waals surface area contributed by atoms with Gasteiger partial charge in [-0.15, -0.1) is 0 Å². The molecule has 0 saturated heterocycles. The highest BCUT2D eigenvalue weighted by molar-refractivity contribution is 6.73. The first-order valence-electron chi connectivity index (χ1n) is 5.07. The Morgan fingerprint density at radius 3 is 1.83 bits per heavy atom. The predicted octanol–water partition coefficient (Wildman–Crippen LogP) is 3.93. The molecule has 1 nitrogen and oxygen atoms in total. The smallest absolute Gasteiger partial charge is 0.249 e. The van der Waals surface area contributed by atoms with E-state index in [9.17, 15) is 0 Å². The highest BCUT2D eigenvalue weighted by Gasteiger charge is 2.28. The van der Waals surface area contributed by atoms with Gasteiger partial charge in [-0.1, -0.05) is 33.8 Å². The molecule has 0 rings (SSSR count). The highest BCUT2D eigenvalue weighted by Crippen LogP contribution is 2.21. The molecule has 0 fully saturated rings. The normalized spacial score (nSPS) is 12.3. The minimum absolute atomic E-state index is 1.07. The zero-order chi connectivity index (χ0) is 9.45. The molecule has 0 unspecified atom stereocenters. The molecule has 0 aromatic carbocycles. The molecule has 0 radical (unpaired) electrons. The summed E-state index contributed by atoms with van der Waals surface area (Å²) in [6.07, 6.45) is 5.09. The Morgan fingerprint density at radius 1 is 1.00 bits per heavy atom. The zero-order valence-electron chi connectivity index (χ0n) is 8.89. The third-order valence-electron chi connectivity index (χ3n) is 2.58. The molecule has 0 aromatic rings. The molecule has 72 valence electrons. The van der Waals surface area contributed by atoms with Gasteiger partial charge in [-0.3, -0.25) is 0 Å². The fraction of sp³-hybridized carbons (Fsp3) is 0.800. The molecule has 0 aliphatic carbocycles. The van der Waals surface area contributed by atoms with E-state index < -0.39 is 8.32 Å². The lowest BCUT2D eigenvalue weighted by Crippen LogP contribution is -2.33. The van der Waals surface area contributed by atoms with Crippen molar-refractivity contribution >= 4 is 8.32 Å². The Kier molecular flexibility index (Phi) is 6.16. The lowest BCUT2D eigenvalue weighted by molar-refractivity contribution is 0.456. The molecule has 0 aliphatic rings. The van der Waals surface area contributed by atoms with Crippen LogP contribution >= 0.6 is 0 Å². The second-order valence-corrected chi connectivity index (χ2v) is 7.86. The quantitative estimate of drug-likeness (QED) is 0.451. The molecule has 0 saturated carbocycles. The van der Waals surface area contributed by atoms with Crippen LogP contribution < -0.4 is 0 Å². The fourth-order valence-electron chi connectivity index (χ4n) is 1.29. The van der Waals surface area contributed by atoms with Gasteiger partial charge in [0.1, 0.15) is 0 Å². The van der Waals surface area contributed by atoms with Gasteiger partial charge in [-0.2, -0.15) is 0 Å². The summed E-state index contributed by atoms with van der Waals surface area (Å²) in [6.45, 7) is 8.88. The summed E-state index contributed by atoms with van der Waals surface area (Å²) in [5.41, 5.74) is 0. The van der Waals surface area contributed by atoms with Crippen molar-refractivity contribution in [3.05, 3.63) is 12.3 Å². The van der Waals surface area contributed by atoms with Crippen LogP contribution in [0.3, 0.4) is 0 Å². The van der Waals surface area contributed by atoms with Gasteiger partial charge in [-0.05, 0) is 24.6 Å². The third kappa shape index (κ3) is 3.44. The second kappa shape index (κ2) is 6.29. The maximum Gasteiger partial charge on any atom is 0.249 e. The molecule has 0 aliphatic heterocycles. The average Bonchev–Trinajstić information content (AvgIpc) is 2.14. The van der Waals surface area contributed by atoms with Crippen LogP contribution in [0.25, 0.3) is 0 Å². The lowest BCUT2D eigenvalue weighted by atomic mass is 10.5. The minimum Gasteiger partial charge on any atom is -0.549 e. The van der Waals surface area contributed by atoms with Crippen molar-refractivity contribution in [2.75, 3.05) is 0 Å². The SMILES string of the molecule is CC/C=C/O[Si](CC)(CC)CC. The maximum absolute atomic E-state index is 5.88. The molecule has 2 heteroatoms. The fourth-order valence-corrected chi connectivity index (χ4v) is 3.67. The number of rotatable bonds is 6. The summed E-state index contributed by atoms with van der Waals surface area (Å²) in [6, 6.07) is 3.69. The Labute approximate surface area is 78.0 Å². The van der Waals surface area contributed by atoms with E-state index >= 15 is 0 Å². The number of allylic oxidation sites excluding steroid dienone is 1. The van der Waals surface area contributed by atoms with Gasteiger partial charge >= 0.3 is 0 Å². The first kappa shape index (κ1) is 11.8. The van der Waals surface area contributed by atoms with E-state index in [4.69, 9.17) is 4.43 Å². The Morgan fingerprint density at radius 2 is 1.50 bits per heavy atom. The average molecular weight is 186 g/mol. The summed E-state index contributed by atoms with van der Waals surface area (Å²) in [5.74, 6) is 0. The molecular weight excluding hydrogens is 164 g/mol. The minimum atomic E-state index is -1.34. The van der Waals surface area contributed by atoms with E-state index in [1.807, 2.05) is 6.26 Å². The van der Waals surface area contributed by atoms with E-state index in [0.29, 0.717) is 0 Å². The topological polar surface area (TPSA) is 9.23 Å². The molecular formula is C10H22OSi. The molecule has 0 aromatic heterocycles. The van der Waals surface area contributed by atoms with Gasteiger partial charge in [0.2, 0.25) is 8.32 Å². The van der Waals surface area contributed by atoms with Crippen molar-refractivity contribution < 1.29 is 4.43 Å². The highest BCUT2D eigenvalue weighted by atomic mass is 28.4. The van der Waals surface area contributed by atoms with Crippen LogP contribution in [0.5, 0.6) is 0 Å². The van der Waals surface area contributed by atoms with Gasteiger partial charge in [0.25, 0.3) is 0 Å². The van der Waals surface area contributed by atoms with E-state index in [0.717, 1.165) is 6.42 Å². The molecule has 0 N–H and O–H groups in total. The van der Waals surface area contributed by atoms with Crippen LogP contribution in [0.15, 0.2) is 12.3 Å². The summed E-state index contributed by atoms with van der Waals surface area (Å²) in [5, 5.41) is 0. The van der Waals surface area contributed by atoms with E-state index in [2.05, 4.69) is 33.8 Å². The van der Waals surface area contributed by atoms with Crippen LogP contribution in [-0.2, 0) is 4.43 Å². The molecule has 0 amide bonds. The largest absolute Gasteiger partial charge is 0.549 e. The second-order valence-electron chi connectivity index (χ2n) is 3.14. The molecule has 0 atom stereocenters. The molecule has 0 heterocycles. The van der Waals surface area contributed by atoms with Crippen LogP contribution in [0.4, 0.5) is 0 Å². The van der Waals surface area contributed by atoms with Crippen molar-refractivity contribution in [2.24, 2.45) is 0 Å². The van der Waals surface area contributed by atoms with Crippen molar-refractivity contribution in [1.82, 2.24) is 0 Å². The summed E-state index contributed by atoms with van der Waals surface area (Å²) in [7, 11) is -1.34. The monoisotopic (exact) mass is 186 g/mol. The van der Waals surface area contributed by atoms with Crippen molar-refractivity contribution in [2.45, 2.75) is 52.2 Å². The van der Waals surface area contributed by atoms with Gasteiger partial charge in [-0.25, -0.2) is 0 Å². The van der Waals surface area contributed by atoms with Crippen molar-refractivity contribution in [1.29, 1.82) is 0 Å². The third-order valence-corrected chi connectivity index (χ3v) is 7.09. The van der Waals surface area contributed by atoms with E-state index in [1.54, 1.807) is 0 Å². The van der Waals surface area contributed by atoms with Crippen LogP contribution in [0, 0.1) is 0 Å². The number of hydrogen-bond acceptors (Lipinski definition) is 1. The van der Waals surface area contributed by atoms with Crippen LogP contribution in [-0.4, -0.2) is 8.32 Å². The first-order chi connectivity index (χ1) is 5.74. The van der Waals surface area contributed by atoms with Crippen molar-refractivity contribution in [3.8, 4) is 0 Å². The summed E-state index contributed by atoms with van der Waals surface area (Å²) >= 11 is 0. The predicted molar refractivity (Wildman–Crippen MR) is 57.7 cm³/mol. The zero-order valence-corrected chi connectivity index (χ0v) is 9.89. The van der Waals surface area contributed by atoms with Crippen LogP contribution in [0.1, 0.15) is 34.1 Å². The standard InChI is InChI=1S/C10H22OSi/c1-5-9-10-11-12(6-2,7-3)8-4/h9-10H,5-8H2,1-4H3/b10-9+. The van der Waals surface area contributed by atoms with Gasteiger partial charge in [0.05, 0.1) is 6.26 Å². The van der Waals surface area contributed by atoms with Gasteiger partial charge < -0.3 is 4.43 Å².